The van der Waals surface area contributed by atoms with Gasteiger partial charge in [-0.3, -0.25) is 0 Å². The second-order valence-corrected chi connectivity index (χ2v) is 17.4. The van der Waals surface area contributed by atoms with Gasteiger partial charge in [-0.25, -0.2) is 15.0 Å². The lowest BCUT2D eigenvalue weighted by Crippen LogP contribution is -2.00. The summed E-state index contributed by atoms with van der Waals surface area (Å²) in [5, 5.41) is 9.46. The van der Waals surface area contributed by atoms with E-state index in [-0.39, 0.29) is 0 Å². The Morgan fingerprint density at radius 1 is 0.344 bits per heavy atom. The third kappa shape index (κ3) is 5.16. The average molecular weight is 836 g/mol. The van der Waals surface area contributed by atoms with Gasteiger partial charge in [-0.2, -0.15) is 0 Å². The summed E-state index contributed by atoms with van der Waals surface area (Å²) in [5.41, 5.74) is 11.4. The average Bonchev–Trinajstić information content (AvgIpc) is 4.11. The number of rotatable bonds is 5. The van der Waals surface area contributed by atoms with E-state index in [9.17, 15) is 0 Å². The predicted octanol–water partition coefficient (Wildman–Crippen LogP) is 15.3. The third-order valence-corrected chi connectivity index (χ3v) is 13.9. The fourth-order valence-corrected chi connectivity index (χ4v) is 11.2. The number of hydrogen-bond donors (Lipinski definition) is 0. The van der Waals surface area contributed by atoms with E-state index in [4.69, 9.17) is 19.4 Å². The van der Waals surface area contributed by atoms with Gasteiger partial charge in [-0.15, -0.1) is 11.3 Å². The van der Waals surface area contributed by atoms with Gasteiger partial charge in [0, 0.05) is 80.6 Å². The van der Waals surface area contributed by atoms with E-state index >= 15 is 0 Å². The van der Waals surface area contributed by atoms with E-state index in [2.05, 4.69) is 161 Å². The number of thiophene rings is 1. The summed E-state index contributed by atoms with van der Waals surface area (Å²) in [6.07, 6.45) is 0. The summed E-state index contributed by atoms with van der Waals surface area (Å²) in [7, 11) is 0. The van der Waals surface area contributed by atoms with Gasteiger partial charge in [0.2, 0.25) is 0 Å². The highest BCUT2D eigenvalue weighted by molar-refractivity contribution is 7.26. The van der Waals surface area contributed by atoms with Crippen LogP contribution in [0.15, 0.2) is 205 Å². The van der Waals surface area contributed by atoms with Crippen LogP contribution in [0.2, 0.25) is 0 Å². The Morgan fingerprint density at radius 3 is 1.78 bits per heavy atom. The molecule has 0 radical (unpaired) electrons. The van der Waals surface area contributed by atoms with Crippen molar-refractivity contribution in [2.45, 2.75) is 0 Å². The molecule has 0 unspecified atom stereocenters. The predicted molar refractivity (Wildman–Crippen MR) is 265 cm³/mol. The molecule has 5 aromatic heterocycles. The van der Waals surface area contributed by atoms with E-state index in [1.54, 1.807) is 0 Å². The van der Waals surface area contributed by atoms with Gasteiger partial charge >= 0.3 is 0 Å². The number of benzene rings is 9. The second kappa shape index (κ2) is 13.6. The van der Waals surface area contributed by atoms with Crippen molar-refractivity contribution in [3.63, 3.8) is 0 Å². The first-order chi connectivity index (χ1) is 31.7. The van der Waals surface area contributed by atoms with Crippen LogP contribution in [-0.4, -0.2) is 24.1 Å². The van der Waals surface area contributed by atoms with Gasteiger partial charge < -0.3 is 13.6 Å². The monoisotopic (exact) mass is 835 g/mol. The van der Waals surface area contributed by atoms with Crippen molar-refractivity contribution in [1.29, 1.82) is 0 Å². The van der Waals surface area contributed by atoms with Crippen molar-refractivity contribution >= 4 is 97.1 Å². The maximum absolute atomic E-state index is 6.29. The molecule has 14 aromatic rings. The van der Waals surface area contributed by atoms with Crippen LogP contribution in [0.5, 0.6) is 0 Å². The first-order valence-electron chi connectivity index (χ1n) is 21.4. The summed E-state index contributed by atoms with van der Waals surface area (Å²) in [4.78, 5) is 15.5. The Labute approximate surface area is 369 Å². The smallest absolute Gasteiger partial charge is 0.164 e. The molecule has 0 fully saturated rings. The molecule has 298 valence electrons. The molecular weight excluding hydrogens is 803 g/mol. The number of fused-ring (bicyclic) bond motifs is 13. The van der Waals surface area contributed by atoms with Gasteiger partial charge in [-0.1, -0.05) is 133 Å². The molecule has 64 heavy (non-hydrogen) atoms. The number of nitrogens with zero attached hydrogens (tertiary/aromatic N) is 5. The minimum atomic E-state index is 0.605. The van der Waals surface area contributed by atoms with Crippen molar-refractivity contribution in [2.24, 2.45) is 0 Å². The molecule has 5 heterocycles. The minimum absolute atomic E-state index is 0.605. The second-order valence-electron chi connectivity index (χ2n) is 16.3. The first kappa shape index (κ1) is 35.2. The lowest BCUT2D eigenvalue weighted by Gasteiger charge is -2.11. The lowest BCUT2D eigenvalue weighted by molar-refractivity contribution is 0.669. The van der Waals surface area contributed by atoms with Crippen LogP contribution in [0, 0.1) is 0 Å². The van der Waals surface area contributed by atoms with Crippen LogP contribution in [0.25, 0.3) is 131 Å². The Morgan fingerprint density at radius 2 is 0.984 bits per heavy atom. The summed E-state index contributed by atoms with van der Waals surface area (Å²) < 4.78 is 13.5. The van der Waals surface area contributed by atoms with Crippen LogP contribution in [0.1, 0.15) is 0 Å². The molecule has 0 N–H and O–H groups in total. The highest BCUT2D eigenvalue weighted by Gasteiger charge is 2.22. The number of para-hydroxylation sites is 4. The fraction of sp³-hybridized carbons (Fsp3) is 0. The highest BCUT2D eigenvalue weighted by Crippen LogP contribution is 2.45. The van der Waals surface area contributed by atoms with Crippen molar-refractivity contribution in [1.82, 2.24) is 24.1 Å². The standard InChI is InChI=1S/C57H33N5OS/c1-3-14-34(15-4-1)55-58-56(60-57(59-55)43-21-13-25-49-52(43)41-20-9-12-24-48(41)63-49)35-26-28-42-51(32-35)64-50-31-30-46-53(54(42)50)40-29-27-37(33-47(40)61(46)36-16-5-2-6-17-36)62-44-22-10-7-18-38(44)39-19-8-11-23-45(39)62/h1-33H. The Kier molecular flexibility index (Phi) is 7.46. The molecule has 0 aliphatic carbocycles. The Hall–Kier alpha value is -8.39. The summed E-state index contributed by atoms with van der Waals surface area (Å²) in [5.74, 6) is 1.85. The molecule has 6 nitrogen and oxygen atoms in total. The Bertz CT molecular complexity index is 4140. The maximum Gasteiger partial charge on any atom is 0.164 e. The van der Waals surface area contributed by atoms with Crippen molar-refractivity contribution in [3.8, 4) is 45.5 Å². The summed E-state index contributed by atoms with van der Waals surface area (Å²) in [6, 6.07) is 70.8. The molecule has 0 saturated heterocycles. The van der Waals surface area contributed by atoms with E-state index in [0.29, 0.717) is 17.5 Å². The molecule has 14 rings (SSSR count). The van der Waals surface area contributed by atoms with Gasteiger partial charge in [0.1, 0.15) is 11.2 Å². The highest BCUT2D eigenvalue weighted by atomic mass is 32.1. The molecule has 0 atom stereocenters. The van der Waals surface area contributed by atoms with Gasteiger partial charge in [0.15, 0.2) is 17.5 Å². The molecule has 0 bridgehead atoms. The fourth-order valence-electron chi connectivity index (χ4n) is 10.00. The van der Waals surface area contributed by atoms with E-state index in [1.807, 2.05) is 59.9 Å². The maximum atomic E-state index is 6.29. The first-order valence-corrected chi connectivity index (χ1v) is 22.3. The molecule has 0 aliphatic heterocycles. The van der Waals surface area contributed by atoms with Crippen LogP contribution in [-0.2, 0) is 0 Å². The topological polar surface area (TPSA) is 61.7 Å². The minimum Gasteiger partial charge on any atom is -0.456 e. The van der Waals surface area contributed by atoms with Gasteiger partial charge in [0.25, 0.3) is 0 Å². The number of aromatic nitrogens is 5. The molecule has 7 heteroatoms. The van der Waals surface area contributed by atoms with Gasteiger partial charge in [-0.05, 0) is 66.7 Å². The zero-order valence-corrected chi connectivity index (χ0v) is 34.9. The quantitative estimate of drug-likeness (QED) is 0.173. The van der Waals surface area contributed by atoms with Crippen LogP contribution in [0.4, 0.5) is 0 Å². The zero-order valence-electron chi connectivity index (χ0n) is 34.1. The zero-order chi connectivity index (χ0) is 41.9. The lowest BCUT2D eigenvalue weighted by atomic mass is 10.0. The van der Waals surface area contributed by atoms with E-state index < -0.39 is 0 Å². The largest absolute Gasteiger partial charge is 0.456 e. The molecule has 0 spiro atoms. The molecular formula is C57H33N5OS. The molecule has 0 amide bonds. The normalized spacial score (nSPS) is 12.1. The van der Waals surface area contributed by atoms with Gasteiger partial charge in [0.05, 0.1) is 22.1 Å². The third-order valence-electron chi connectivity index (χ3n) is 12.8. The van der Waals surface area contributed by atoms with E-state index in [1.165, 1.54) is 58.3 Å². The van der Waals surface area contributed by atoms with Crippen LogP contribution in [0.3, 0.4) is 0 Å². The number of hydrogen-bond acceptors (Lipinski definition) is 5. The van der Waals surface area contributed by atoms with Crippen LogP contribution < -0.4 is 0 Å². The van der Waals surface area contributed by atoms with Crippen molar-refractivity contribution < 1.29 is 4.42 Å². The van der Waals surface area contributed by atoms with Crippen LogP contribution >= 0.6 is 11.3 Å². The molecule has 0 saturated carbocycles. The Balaban J connectivity index is 0.985. The summed E-state index contributed by atoms with van der Waals surface area (Å²) in [6.45, 7) is 0. The van der Waals surface area contributed by atoms with Crippen molar-refractivity contribution in [2.75, 3.05) is 0 Å². The molecule has 0 aliphatic rings. The molecule has 9 aromatic carbocycles. The van der Waals surface area contributed by atoms with E-state index in [0.717, 1.165) is 55.5 Å². The van der Waals surface area contributed by atoms with Crippen molar-refractivity contribution in [3.05, 3.63) is 200 Å². The summed E-state index contributed by atoms with van der Waals surface area (Å²) >= 11 is 1.81. The SMILES string of the molecule is c1ccc(-c2nc(-c3ccc4c(c3)sc3ccc5c(c6ccc(-n7c8ccccc8c8ccccc87)cc6n5-c5ccccc5)c34)nc(-c3cccc4oc5ccccc5c34)n2)cc1. The number of furan rings is 1.